The average molecular weight is 226 g/mol. The van der Waals surface area contributed by atoms with E-state index in [9.17, 15) is 15.0 Å². The van der Waals surface area contributed by atoms with Crippen molar-refractivity contribution in [2.45, 2.75) is 19.1 Å². The van der Waals surface area contributed by atoms with E-state index in [2.05, 4.69) is 15.3 Å². The molecule has 2 unspecified atom stereocenters. The fourth-order valence-electron chi connectivity index (χ4n) is 1.08. The number of carbonyl (C=O) groups excluding carboxylic acids is 1. The quantitative estimate of drug-likeness (QED) is 0.500. The van der Waals surface area contributed by atoms with Crippen molar-refractivity contribution >= 4 is 11.9 Å². The summed E-state index contributed by atoms with van der Waals surface area (Å²) in [6.45, 7) is 1.28. The Balaban J connectivity index is 2.59. The summed E-state index contributed by atoms with van der Waals surface area (Å²) in [7, 11) is 0. The van der Waals surface area contributed by atoms with Gasteiger partial charge in [-0.05, 0) is 0 Å². The lowest BCUT2D eigenvalue weighted by molar-refractivity contribution is -0.119. The van der Waals surface area contributed by atoms with Gasteiger partial charge >= 0.3 is 0 Å². The number of anilines is 1. The molecule has 1 aromatic rings. The first-order valence-corrected chi connectivity index (χ1v) is 4.68. The Morgan fingerprint density at radius 2 is 2.06 bits per heavy atom. The van der Waals surface area contributed by atoms with Crippen molar-refractivity contribution in [1.82, 2.24) is 15.3 Å². The molecule has 5 N–H and O–H groups in total. The molecular formula is C9H14N4O3. The van der Waals surface area contributed by atoms with Gasteiger partial charge in [-0.2, -0.15) is 0 Å². The predicted octanol–water partition coefficient (Wildman–Crippen LogP) is -1.41. The number of rotatable bonds is 4. The van der Waals surface area contributed by atoms with E-state index in [0.717, 1.165) is 0 Å². The third-order valence-corrected chi connectivity index (χ3v) is 1.96. The van der Waals surface area contributed by atoms with Gasteiger partial charge in [0.1, 0.15) is 12.2 Å². The van der Waals surface area contributed by atoms with Crippen LogP contribution in [0.1, 0.15) is 18.6 Å². The van der Waals surface area contributed by atoms with E-state index in [0.29, 0.717) is 5.56 Å². The number of nitrogen functional groups attached to an aromatic ring is 1. The highest BCUT2D eigenvalue weighted by atomic mass is 16.3. The van der Waals surface area contributed by atoms with E-state index in [1.54, 1.807) is 0 Å². The van der Waals surface area contributed by atoms with Crippen LogP contribution in [0.4, 0.5) is 5.95 Å². The molecule has 1 aromatic heterocycles. The Labute approximate surface area is 92.3 Å². The van der Waals surface area contributed by atoms with Gasteiger partial charge in [-0.3, -0.25) is 4.79 Å². The molecule has 0 saturated carbocycles. The fourth-order valence-corrected chi connectivity index (χ4v) is 1.08. The second kappa shape index (κ2) is 5.38. The molecule has 1 amide bonds. The van der Waals surface area contributed by atoms with Crippen LogP contribution < -0.4 is 11.1 Å². The fraction of sp³-hybridized carbons (Fsp3) is 0.444. The Bertz CT molecular complexity index is 354. The predicted molar refractivity (Wildman–Crippen MR) is 56.1 cm³/mol. The first-order valence-electron chi connectivity index (χ1n) is 4.68. The standard InChI is InChI=1S/C9H14N4O3/c1-5(14)11-4-7(15)8(16)6-2-12-9(10)13-3-6/h2-3,7-8,15-16H,4H2,1H3,(H,11,14)(H2,10,12,13). The SMILES string of the molecule is CC(=O)NCC(O)C(O)c1cnc(N)nc1. The second-order valence-electron chi connectivity index (χ2n) is 3.32. The molecule has 7 heteroatoms. The van der Waals surface area contributed by atoms with Crippen LogP contribution in [-0.2, 0) is 4.79 Å². The van der Waals surface area contributed by atoms with Crippen molar-refractivity contribution in [2.75, 3.05) is 12.3 Å². The Kier molecular flexibility index (Phi) is 4.15. The zero-order valence-corrected chi connectivity index (χ0v) is 8.79. The number of carbonyl (C=O) groups is 1. The van der Waals surface area contributed by atoms with Gasteiger partial charge in [0.2, 0.25) is 11.9 Å². The van der Waals surface area contributed by atoms with Gasteiger partial charge in [-0.1, -0.05) is 0 Å². The highest BCUT2D eigenvalue weighted by molar-refractivity contribution is 5.72. The molecule has 2 atom stereocenters. The molecule has 0 bridgehead atoms. The van der Waals surface area contributed by atoms with Gasteiger partial charge in [-0.25, -0.2) is 9.97 Å². The van der Waals surface area contributed by atoms with Gasteiger partial charge in [0.05, 0.1) is 0 Å². The van der Waals surface area contributed by atoms with Crippen molar-refractivity contribution in [1.29, 1.82) is 0 Å². The van der Waals surface area contributed by atoms with Crippen LogP contribution in [0.25, 0.3) is 0 Å². The van der Waals surface area contributed by atoms with Crippen molar-refractivity contribution in [3.8, 4) is 0 Å². The van der Waals surface area contributed by atoms with Crippen LogP contribution in [-0.4, -0.2) is 38.7 Å². The molecular weight excluding hydrogens is 212 g/mol. The first kappa shape index (κ1) is 12.3. The molecule has 0 aromatic carbocycles. The van der Waals surface area contributed by atoms with Gasteiger partial charge < -0.3 is 21.3 Å². The molecule has 0 fully saturated rings. The van der Waals surface area contributed by atoms with Crippen LogP contribution in [0.15, 0.2) is 12.4 Å². The van der Waals surface area contributed by atoms with Crippen molar-refractivity contribution in [3.05, 3.63) is 18.0 Å². The summed E-state index contributed by atoms with van der Waals surface area (Å²) in [6, 6.07) is 0. The van der Waals surface area contributed by atoms with Gasteiger partial charge in [0.25, 0.3) is 0 Å². The maximum absolute atomic E-state index is 10.6. The molecule has 0 aliphatic rings. The van der Waals surface area contributed by atoms with E-state index in [-0.39, 0.29) is 18.4 Å². The zero-order chi connectivity index (χ0) is 12.1. The largest absolute Gasteiger partial charge is 0.388 e. The molecule has 88 valence electrons. The minimum atomic E-state index is -1.16. The number of hydrogen-bond donors (Lipinski definition) is 4. The Morgan fingerprint density at radius 3 is 2.56 bits per heavy atom. The first-order chi connectivity index (χ1) is 7.50. The molecule has 0 aliphatic heterocycles. The van der Waals surface area contributed by atoms with E-state index in [4.69, 9.17) is 5.73 Å². The maximum Gasteiger partial charge on any atom is 0.219 e. The topological polar surface area (TPSA) is 121 Å². The third kappa shape index (κ3) is 3.44. The van der Waals surface area contributed by atoms with Gasteiger partial charge in [-0.15, -0.1) is 0 Å². The van der Waals surface area contributed by atoms with E-state index >= 15 is 0 Å². The normalized spacial score (nSPS) is 14.2. The Morgan fingerprint density at radius 1 is 1.50 bits per heavy atom. The number of aliphatic hydroxyl groups excluding tert-OH is 2. The van der Waals surface area contributed by atoms with E-state index in [1.165, 1.54) is 19.3 Å². The lowest BCUT2D eigenvalue weighted by atomic mass is 10.1. The number of hydrogen-bond acceptors (Lipinski definition) is 6. The van der Waals surface area contributed by atoms with Crippen molar-refractivity contribution in [2.24, 2.45) is 0 Å². The number of nitrogens with zero attached hydrogens (tertiary/aromatic N) is 2. The van der Waals surface area contributed by atoms with Gasteiger partial charge in [0, 0.05) is 31.4 Å². The minimum Gasteiger partial charge on any atom is -0.388 e. The van der Waals surface area contributed by atoms with Crippen LogP contribution in [0.5, 0.6) is 0 Å². The number of nitrogens with one attached hydrogen (secondary N) is 1. The van der Waals surface area contributed by atoms with Gasteiger partial charge in [0.15, 0.2) is 0 Å². The summed E-state index contributed by atoms with van der Waals surface area (Å²) in [4.78, 5) is 18.0. The third-order valence-electron chi connectivity index (χ3n) is 1.96. The summed E-state index contributed by atoms with van der Waals surface area (Å²) in [5.41, 5.74) is 5.62. The van der Waals surface area contributed by atoms with E-state index < -0.39 is 12.2 Å². The number of amides is 1. The smallest absolute Gasteiger partial charge is 0.219 e. The molecule has 1 heterocycles. The van der Waals surface area contributed by atoms with Crippen molar-refractivity contribution in [3.63, 3.8) is 0 Å². The summed E-state index contributed by atoms with van der Waals surface area (Å²) in [5, 5.41) is 21.6. The maximum atomic E-state index is 10.6. The summed E-state index contributed by atoms with van der Waals surface area (Å²) in [5.74, 6) is -0.188. The van der Waals surface area contributed by atoms with Crippen LogP contribution in [0, 0.1) is 0 Å². The van der Waals surface area contributed by atoms with Crippen molar-refractivity contribution < 1.29 is 15.0 Å². The average Bonchev–Trinajstić information content (AvgIpc) is 2.26. The Hall–Kier alpha value is -1.73. The summed E-state index contributed by atoms with van der Waals surface area (Å²) in [6.07, 6.45) is 0.372. The molecule has 1 rings (SSSR count). The molecule has 16 heavy (non-hydrogen) atoms. The zero-order valence-electron chi connectivity index (χ0n) is 8.79. The second-order valence-corrected chi connectivity index (χ2v) is 3.32. The molecule has 0 spiro atoms. The lowest BCUT2D eigenvalue weighted by Gasteiger charge is -2.17. The summed E-state index contributed by atoms with van der Waals surface area (Å²) < 4.78 is 0. The summed E-state index contributed by atoms with van der Waals surface area (Å²) >= 11 is 0. The lowest BCUT2D eigenvalue weighted by Crippen LogP contribution is -2.34. The number of nitrogens with two attached hydrogens (primary N) is 1. The molecule has 0 saturated heterocycles. The molecule has 7 nitrogen and oxygen atoms in total. The van der Waals surface area contributed by atoms with Crippen LogP contribution in [0.2, 0.25) is 0 Å². The highest BCUT2D eigenvalue weighted by Crippen LogP contribution is 2.14. The van der Waals surface area contributed by atoms with Crippen LogP contribution in [0.3, 0.4) is 0 Å². The number of aromatic nitrogens is 2. The highest BCUT2D eigenvalue weighted by Gasteiger charge is 2.19. The van der Waals surface area contributed by atoms with E-state index in [1.807, 2.05) is 0 Å². The molecule has 0 aliphatic carbocycles. The number of aliphatic hydroxyl groups is 2. The minimum absolute atomic E-state index is 0.0408. The monoisotopic (exact) mass is 226 g/mol. The molecule has 0 radical (unpaired) electrons. The van der Waals surface area contributed by atoms with Crippen LogP contribution >= 0.6 is 0 Å².